The smallest absolute Gasteiger partial charge is 0.303 e. The van der Waals surface area contributed by atoms with Gasteiger partial charge in [0, 0.05) is 13.0 Å². The largest absolute Gasteiger partial charge is 0.481 e. The highest BCUT2D eigenvalue weighted by atomic mass is 32.1. The second kappa shape index (κ2) is 5.09. The van der Waals surface area contributed by atoms with Gasteiger partial charge in [0.25, 0.3) is 0 Å². The number of carboxylic acids is 1. The number of rotatable bonds is 5. The zero-order valence-electron chi connectivity index (χ0n) is 8.94. The molecule has 0 saturated carbocycles. The van der Waals surface area contributed by atoms with Crippen molar-refractivity contribution in [2.24, 2.45) is 0 Å². The lowest BCUT2D eigenvalue weighted by molar-refractivity contribution is -0.137. The first-order valence-corrected chi connectivity index (χ1v) is 5.98. The van der Waals surface area contributed by atoms with Crippen LogP contribution in [0.3, 0.4) is 0 Å². The van der Waals surface area contributed by atoms with E-state index < -0.39 is 5.97 Å². The summed E-state index contributed by atoms with van der Waals surface area (Å²) in [6, 6.07) is 4.44. The van der Waals surface area contributed by atoms with Crippen molar-refractivity contribution in [3.8, 4) is 0 Å². The molecule has 0 bridgehead atoms. The predicted octanol–water partition coefficient (Wildman–Crippen LogP) is 2.71. The van der Waals surface area contributed by atoms with Gasteiger partial charge in [0.05, 0.1) is 10.2 Å². The van der Waals surface area contributed by atoms with E-state index in [9.17, 15) is 9.18 Å². The lowest BCUT2D eigenvalue weighted by Gasteiger charge is -1.99. The number of benzene rings is 1. The van der Waals surface area contributed by atoms with Gasteiger partial charge in [0.1, 0.15) is 5.82 Å². The average molecular weight is 254 g/mol. The third-order valence-electron chi connectivity index (χ3n) is 2.19. The quantitative estimate of drug-likeness (QED) is 0.805. The zero-order valence-corrected chi connectivity index (χ0v) is 9.76. The summed E-state index contributed by atoms with van der Waals surface area (Å²) in [5, 5.41) is 12.2. The number of hydrogen-bond acceptors (Lipinski definition) is 4. The minimum atomic E-state index is -0.807. The van der Waals surface area contributed by atoms with E-state index in [0.717, 1.165) is 10.2 Å². The number of anilines is 1. The van der Waals surface area contributed by atoms with Gasteiger partial charge in [-0.15, -0.1) is 0 Å². The summed E-state index contributed by atoms with van der Waals surface area (Å²) in [5.74, 6) is -1.09. The second-order valence-electron chi connectivity index (χ2n) is 3.56. The fourth-order valence-corrected chi connectivity index (χ4v) is 2.33. The first kappa shape index (κ1) is 11.8. The molecule has 2 rings (SSSR count). The molecular formula is C11H11FN2O2S. The van der Waals surface area contributed by atoms with Crippen LogP contribution in [0.2, 0.25) is 0 Å². The Kier molecular flexibility index (Phi) is 3.53. The van der Waals surface area contributed by atoms with Gasteiger partial charge in [0.2, 0.25) is 0 Å². The third-order valence-corrected chi connectivity index (χ3v) is 3.17. The van der Waals surface area contributed by atoms with Crippen molar-refractivity contribution < 1.29 is 14.3 Å². The minimum Gasteiger partial charge on any atom is -0.481 e. The Morgan fingerprint density at radius 1 is 1.53 bits per heavy atom. The van der Waals surface area contributed by atoms with E-state index in [4.69, 9.17) is 5.11 Å². The lowest BCUT2D eigenvalue weighted by atomic mass is 10.3. The van der Waals surface area contributed by atoms with Crippen LogP contribution in [-0.4, -0.2) is 22.6 Å². The molecule has 90 valence electrons. The second-order valence-corrected chi connectivity index (χ2v) is 4.59. The molecule has 1 heterocycles. The number of carbonyl (C=O) groups is 1. The zero-order chi connectivity index (χ0) is 12.3. The van der Waals surface area contributed by atoms with Crippen LogP contribution in [0.15, 0.2) is 18.2 Å². The Balaban J connectivity index is 1.97. The number of hydrogen-bond donors (Lipinski definition) is 2. The van der Waals surface area contributed by atoms with Crippen molar-refractivity contribution in [3.63, 3.8) is 0 Å². The fraction of sp³-hybridized carbons (Fsp3) is 0.273. The van der Waals surface area contributed by atoms with Crippen LogP contribution in [0.4, 0.5) is 9.52 Å². The van der Waals surface area contributed by atoms with Crippen LogP contribution in [0.1, 0.15) is 12.8 Å². The van der Waals surface area contributed by atoms with Crippen LogP contribution in [0.5, 0.6) is 0 Å². The maximum atomic E-state index is 12.9. The molecule has 17 heavy (non-hydrogen) atoms. The summed E-state index contributed by atoms with van der Waals surface area (Å²) in [7, 11) is 0. The number of thiazole rings is 1. The molecule has 0 aliphatic rings. The SMILES string of the molecule is O=C(O)CCCNc1nc2ccc(F)cc2s1. The first-order chi connectivity index (χ1) is 8.15. The number of aliphatic carboxylic acids is 1. The summed E-state index contributed by atoms with van der Waals surface area (Å²) in [4.78, 5) is 14.6. The van der Waals surface area contributed by atoms with Crippen molar-refractivity contribution >= 4 is 32.7 Å². The number of nitrogens with zero attached hydrogens (tertiary/aromatic N) is 1. The maximum absolute atomic E-state index is 12.9. The summed E-state index contributed by atoms with van der Waals surface area (Å²) in [5.41, 5.74) is 0.747. The van der Waals surface area contributed by atoms with Gasteiger partial charge in [-0.05, 0) is 24.6 Å². The number of fused-ring (bicyclic) bond motifs is 1. The van der Waals surface area contributed by atoms with Crippen LogP contribution in [-0.2, 0) is 4.79 Å². The summed E-state index contributed by atoms with van der Waals surface area (Å²) in [6.45, 7) is 0.550. The molecule has 4 nitrogen and oxygen atoms in total. The van der Waals surface area contributed by atoms with Crippen molar-refractivity contribution in [1.82, 2.24) is 4.98 Å². The molecule has 0 aliphatic carbocycles. The molecule has 0 unspecified atom stereocenters. The summed E-state index contributed by atoms with van der Waals surface area (Å²) >= 11 is 1.36. The molecule has 0 atom stereocenters. The van der Waals surface area contributed by atoms with Gasteiger partial charge in [-0.2, -0.15) is 0 Å². The van der Waals surface area contributed by atoms with E-state index in [2.05, 4.69) is 10.3 Å². The molecule has 0 aliphatic heterocycles. The highest BCUT2D eigenvalue weighted by Gasteiger charge is 2.04. The first-order valence-electron chi connectivity index (χ1n) is 5.17. The lowest BCUT2D eigenvalue weighted by Crippen LogP contribution is -2.04. The van der Waals surface area contributed by atoms with Gasteiger partial charge in [-0.3, -0.25) is 4.79 Å². The molecule has 0 saturated heterocycles. The Morgan fingerprint density at radius 2 is 2.35 bits per heavy atom. The molecule has 1 aromatic carbocycles. The van der Waals surface area contributed by atoms with Crippen molar-refractivity contribution in [2.75, 3.05) is 11.9 Å². The van der Waals surface area contributed by atoms with Crippen molar-refractivity contribution in [1.29, 1.82) is 0 Å². The van der Waals surface area contributed by atoms with Gasteiger partial charge < -0.3 is 10.4 Å². The van der Waals surface area contributed by atoms with Crippen LogP contribution >= 0.6 is 11.3 Å². The van der Waals surface area contributed by atoms with Gasteiger partial charge >= 0.3 is 5.97 Å². The van der Waals surface area contributed by atoms with E-state index in [-0.39, 0.29) is 12.2 Å². The van der Waals surface area contributed by atoms with Gasteiger partial charge in [-0.25, -0.2) is 9.37 Å². The van der Waals surface area contributed by atoms with Gasteiger partial charge in [0.15, 0.2) is 5.13 Å². The van der Waals surface area contributed by atoms with Crippen LogP contribution < -0.4 is 5.32 Å². The molecule has 1 aromatic heterocycles. The Labute approximate surface area is 101 Å². The fourth-order valence-electron chi connectivity index (χ4n) is 1.41. The van der Waals surface area contributed by atoms with Crippen molar-refractivity contribution in [2.45, 2.75) is 12.8 Å². The van der Waals surface area contributed by atoms with Crippen LogP contribution in [0.25, 0.3) is 10.2 Å². The molecular weight excluding hydrogens is 243 g/mol. The molecule has 0 radical (unpaired) electrons. The summed E-state index contributed by atoms with van der Waals surface area (Å²) in [6.07, 6.45) is 0.673. The van der Waals surface area contributed by atoms with E-state index >= 15 is 0 Å². The minimum absolute atomic E-state index is 0.131. The predicted molar refractivity (Wildman–Crippen MR) is 64.9 cm³/mol. The highest BCUT2D eigenvalue weighted by Crippen LogP contribution is 2.26. The third kappa shape index (κ3) is 3.13. The normalized spacial score (nSPS) is 10.6. The maximum Gasteiger partial charge on any atom is 0.303 e. The Hall–Kier alpha value is -1.69. The number of carboxylic acid groups (broad SMARTS) is 1. The monoisotopic (exact) mass is 254 g/mol. The van der Waals surface area contributed by atoms with E-state index in [1.807, 2.05) is 0 Å². The van der Waals surface area contributed by atoms with E-state index in [0.29, 0.717) is 18.1 Å². The topological polar surface area (TPSA) is 62.2 Å². The summed E-state index contributed by atoms with van der Waals surface area (Å²) < 4.78 is 13.7. The standard InChI is InChI=1S/C11H11FN2O2S/c12-7-3-4-8-9(6-7)17-11(14-8)13-5-1-2-10(15)16/h3-4,6H,1-2,5H2,(H,13,14)(H,15,16). The number of halogens is 1. The Bertz CT molecular complexity index is 541. The highest BCUT2D eigenvalue weighted by molar-refractivity contribution is 7.22. The molecule has 0 spiro atoms. The molecule has 6 heteroatoms. The average Bonchev–Trinajstić information content (AvgIpc) is 2.66. The molecule has 0 fully saturated rings. The number of nitrogens with one attached hydrogen (secondary N) is 1. The molecule has 2 aromatic rings. The molecule has 0 amide bonds. The number of aromatic nitrogens is 1. The Morgan fingerprint density at radius 3 is 3.12 bits per heavy atom. The molecule has 2 N–H and O–H groups in total. The van der Waals surface area contributed by atoms with E-state index in [1.165, 1.54) is 23.5 Å². The van der Waals surface area contributed by atoms with Gasteiger partial charge in [-0.1, -0.05) is 11.3 Å². The van der Waals surface area contributed by atoms with Crippen LogP contribution in [0, 0.1) is 5.82 Å². The van der Waals surface area contributed by atoms with Crippen molar-refractivity contribution in [3.05, 3.63) is 24.0 Å². The van der Waals surface area contributed by atoms with E-state index in [1.54, 1.807) is 6.07 Å².